The van der Waals surface area contributed by atoms with Crippen LogP contribution in [0.2, 0.25) is 0 Å². The van der Waals surface area contributed by atoms with Crippen LogP contribution in [0.5, 0.6) is 0 Å². The minimum Gasteiger partial charge on any atom is -0.300 e. The third kappa shape index (κ3) is 2.84. The lowest BCUT2D eigenvalue weighted by Crippen LogP contribution is -1.96. The molecule has 1 rings (SSSR count). The summed E-state index contributed by atoms with van der Waals surface area (Å²) in [6, 6.07) is 4.92. The highest BCUT2D eigenvalue weighted by molar-refractivity contribution is 7.98. The molecule has 0 saturated carbocycles. The van der Waals surface area contributed by atoms with Crippen LogP contribution in [0.1, 0.15) is 12.5 Å². The smallest absolute Gasteiger partial charge is 0.137 e. The van der Waals surface area contributed by atoms with Gasteiger partial charge in [-0.1, -0.05) is 6.07 Å². The quantitative estimate of drug-likeness (QED) is 0.694. The van der Waals surface area contributed by atoms with E-state index in [1.807, 2.05) is 6.26 Å². The fourth-order valence-corrected chi connectivity index (χ4v) is 1.57. The van der Waals surface area contributed by atoms with Crippen molar-refractivity contribution >= 4 is 17.5 Å². The van der Waals surface area contributed by atoms with Gasteiger partial charge in [0.05, 0.1) is 0 Å². The molecule has 1 aromatic rings. The second kappa shape index (κ2) is 4.42. The Balaban J connectivity index is 2.89. The van der Waals surface area contributed by atoms with Gasteiger partial charge in [-0.3, -0.25) is 4.79 Å². The highest BCUT2D eigenvalue weighted by Gasteiger charge is 2.03. The van der Waals surface area contributed by atoms with Crippen LogP contribution in [0.25, 0.3) is 0 Å². The number of benzene rings is 1. The van der Waals surface area contributed by atoms with E-state index < -0.39 is 0 Å². The van der Waals surface area contributed by atoms with Crippen LogP contribution in [0.3, 0.4) is 0 Å². The Morgan fingerprint density at radius 2 is 2.23 bits per heavy atom. The minimum atomic E-state index is -0.244. The summed E-state index contributed by atoms with van der Waals surface area (Å²) in [5, 5.41) is 0. The van der Waals surface area contributed by atoms with Crippen LogP contribution in [0, 0.1) is 5.82 Å². The van der Waals surface area contributed by atoms with Crippen molar-refractivity contribution in [3.8, 4) is 0 Å². The van der Waals surface area contributed by atoms with E-state index in [-0.39, 0.29) is 11.6 Å². The van der Waals surface area contributed by atoms with Gasteiger partial charge in [0.25, 0.3) is 0 Å². The number of hydrogen-bond acceptors (Lipinski definition) is 2. The van der Waals surface area contributed by atoms with E-state index >= 15 is 0 Å². The Labute approximate surface area is 81.3 Å². The minimum absolute atomic E-state index is 0.0521. The first-order chi connectivity index (χ1) is 6.13. The second-order valence-electron chi connectivity index (χ2n) is 2.85. The van der Waals surface area contributed by atoms with E-state index in [1.165, 1.54) is 24.8 Å². The normalized spacial score (nSPS) is 10.1. The molecule has 0 aliphatic rings. The van der Waals surface area contributed by atoms with Crippen LogP contribution in [-0.4, -0.2) is 12.0 Å². The second-order valence-corrected chi connectivity index (χ2v) is 3.70. The standard InChI is InChI=1S/C10H11FOS/c1-7(12)5-8-3-4-10(13-2)9(11)6-8/h3-4,6H,5H2,1-2H3. The zero-order chi connectivity index (χ0) is 9.84. The van der Waals surface area contributed by atoms with Crippen molar-refractivity contribution in [2.75, 3.05) is 6.26 Å². The van der Waals surface area contributed by atoms with Gasteiger partial charge in [-0.15, -0.1) is 11.8 Å². The molecular formula is C10H11FOS. The molecule has 0 atom stereocenters. The van der Waals surface area contributed by atoms with Crippen molar-refractivity contribution in [3.05, 3.63) is 29.6 Å². The molecule has 0 fully saturated rings. The Morgan fingerprint density at radius 3 is 2.69 bits per heavy atom. The number of carbonyl (C=O) groups excluding carboxylic acids is 1. The van der Waals surface area contributed by atoms with Gasteiger partial charge in [-0.05, 0) is 30.9 Å². The first kappa shape index (κ1) is 10.3. The van der Waals surface area contributed by atoms with Crippen LogP contribution in [0.15, 0.2) is 23.1 Å². The Bertz CT molecular complexity index is 323. The van der Waals surface area contributed by atoms with Gasteiger partial charge < -0.3 is 0 Å². The predicted molar refractivity (Wildman–Crippen MR) is 52.6 cm³/mol. The lowest BCUT2D eigenvalue weighted by Gasteiger charge is -2.01. The molecule has 1 nitrogen and oxygen atoms in total. The van der Waals surface area contributed by atoms with Gasteiger partial charge in [0.15, 0.2) is 0 Å². The number of ketones is 1. The van der Waals surface area contributed by atoms with Gasteiger partial charge in [0.1, 0.15) is 11.6 Å². The average Bonchev–Trinajstić information content (AvgIpc) is 2.03. The van der Waals surface area contributed by atoms with E-state index in [0.29, 0.717) is 11.3 Å². The third-order valence-corrected chi connectivity index (χ3v) is 2.44. The van der Waals surface area contributed by atoms with Gasteiger partial charge >= 0.3 is 0 Å². The number of carbonyl (C=O) groups is 1. The van der Waals surface area contributed by atoms with Crippen LogP contribution < -0.4 is 0 Å². The van der Waals surface area contributed by atoms with Crippen molar-refractivity contribution in [1.29, 1.82) is 0 Å². The number of Topliss-reactive ketones (excluding diaryl/α,β-unsaturated/α-hetero) is 1. The summed E-state index contributed by atoms with van der Waals surface area (Å²) in [6.07, 6.45) is 2.13. The summed E-state index contributed by atoms with van der Waals surface area (Å²) >= 11 is 1.36. The van der Waals surface area contributed by atoms with Crippen molar-refractivity contribution in [2.45, 2.75) is 18.2 Å². The fraction of sp³-hybridized carbons (Fsp3) is 0.300. The van der Waals surface area contributed by atoms with Crippen molar-refractivity contribution < 1.29 is 9.18 Å². The van der Waals surface area contributed by atoms with E-state index in [4.69, 9.17) is 0 Å². The molecule has 13 heavy (non-hydrogen) atoms. The van der Waals surface area contributed by atoms with Gasteiger partial charge in [-0.2, -0.15) is 0 Å². The summed E-state index contributed by atoms with van der Waals surface area (Å²) < 4.78 is 13.2. The van der Waals surface area contributed by atoms with Crippen molar-refractivity contribution in [2.24, 2.45) is 0 Å². The SMILES string of the molecule is CSc1ccc(CC(C)=O)cc1F. The Morgan fingerprint density at radius 1 is 1.54 bits per heavy atom. The summed E-state index contributed by atoms with van der Waals surface area (Å²) in [6.45, 7) is 1.50. The van der Waals surface area contributed by atoms with Crippen molar-refractivity contribution in [1.82, 2.24) is 0 Å². The molecule has 0 radical (unpaired) electrons. The van der Waals surface area contributed by atoms with E-state index in [0.717, 1.165) is 5.56 Å². The van der Waals surface area contributed by atoms with Gasteiger partial charge in [0, 0.05) is 11.3 Å². The molecule has 0 aliphatic carbocycles. The zero-order valence-corrected chi connectivity index (χ0v) is 8.45. The number of rotatable bonds is 3. The molecule has 3 heteroatoms. The largest absolute Gasteiger partial charge is 0.300 e. The molecule has 70 valence electrons. The van der Waals surface area contributed by atoms with Gasteiger partial charge in [-0.25, -0.2) is 4.39 Å². The number of halogens is 1. The molecule has 0 saturated heterocycles. The van der Waals surface area contributed by atoms with Crippen LogP contribution in [-0.2, 0) is 11.2 Å². The average molecular weight is 198 g/mol. The summed E-state index contributed by atoms with van der Waals surface area (Å²) in [4.78, 5) is 11.4. The lowest BCUT2D eigenvalue weighted by atomic mass is 10.1. The molecule has 0 aromatic heterocycles. The first-order valence-electron chi connectivity index (χ1n) is 3.95. The van der Waals surface area contributed by atoms with Crippen LogP contribution in [0.4, 0.5) is 4.39 Å². The zero-order valence-electron chi connectivity index (χ0n) is 7.63. The molecule has 0 bridgehead atoms. The monoisotopic (exact) mass is 198 g/mol. The Hall–Kier alpha value is -0.830. The number of hydrogen-bond donors (Lipinski definition) is 0. The molecule has 0 spiro atoms. The van der Waals surface area contributed by atoms with Crippen molar-refractivity contribution in [3.63, 3.8) is 0 Å². The summed E-state index contributed by atoms with van der Waals surface area (Å²) in [7, 11) is 0. The summed E-state index contributed by atoms with van der Waals surface area (Å²) in [5.74, 6) is -0.192. The van der Waals surface area contributed by atoms with E-state index in [1.54, 1.807) is 12.1 Å². The number of thioether (sulfide) groups is 1. The lowest BCUT2D eigenvalue weighted by molar-refractivity contribution is -0.116. The highest BCUT2D eigenvalue weighted by atomic mass is 32.2. The molecule has 0 aliphatic heterocycles. The fourth-order valence-electron chi connectivity index (χ4n) is 1.11. The highest BCUT2D eigenvalue weighted by Crippen LogP contribution is 2.20. The molecule has 0 amide bonds. The van der Waals surface area contributed by atoms with E-state index in [2.05, 4.69) is 0 Å². The summed E-state index contributed by atoms with van der Waals surface area (Å²) in [5.41, 5.74) is 0.739. The predicted octanol–water partition coefficient (Wildman–Crippen LogP) is 2.68. The molecule has 0 N–H and O–H groups in total. The Kier molecular flexibility index (Phi) is 3.48. The maximum Gasteiger partial charge on any atom is 0.137 e. The maximum atomic E-state index is 13.2. The molecule has 0 heterocycles. The molecule has 0 unspecified atom stereocenters. The van der Waals surface area contributed by atoms with Gasteiger partial charge in [0.2, 0.25) is 0 Å². The topological polar surface area (TPSA) is 17.1 Å². The van der Waals surface area contributed by atoms with E-state index in [9.17, 15) is 9.18 Å². The first-order valence-corrected chi connectivity index (χ1v) is 5.18. The molecule has 1 aromatic carbocycles. The van der Waals surface area contributed by atoms with Crippen LogP contribution >= 0.6 is 11.8 Å². The maximum absolute atomic E-state index is 13.2. The third-order valence-electron chi connectivity index (χ3n) is 1.67. The molecular weight excluding hydrogens is 187 g/mol.